The van der Waals surface area contributed by atoms with Gasteiger partial charge < -0.3 is 14.2 Å². The van der Waals surface area contributed by atoms with Crippen LogP contribution in [0.3, 0.4) is 0 Å². The number of ether oxygens (including phenoxy) is 3. The van der Waals surface area contributed by atoms with E-state index in [4.69, 9.17) is 14.2 Å². The van der Waals surface area contributed by atoms with Crippen LogP contribution in [0.2, 0.25) is 0 Å². The molecule has 34 heavy (non-hydrogen) atoms. The van der Waals surface area contributed by atoms with Gasteiger partial charge in [-0.2, -0.15) is 0 Å². The first-order valence-electron chi connectivity index (χ1n) is 10.7. The topological polar surface area (TPSA) is 78.9 Å². The Bertz CT molecular complexity index is 820. The summed E-state index contributed by atoms with van der Waals surface area (Å²) in [5.41, 5.74) is 2.17. The van der Waals surface area contributed by atoms with Crippen LogP contribution in [0.4, 0.5) is 0 Å². The number of hydrogen-bond acceptors (Lipinski definition) is 6. The molecule has 0 aromatic heterocycles. The van der Waals surface area contributed by atoms with Crippen molar-refractivity contribution < 1.29 is 28.6 Å². The van der Waals surface area contributed by atoms with Gasteiger partial charge in [-0.25, -0.2) is 14.4 Å². The number of carbonyl (C=O) groups excluding carboxylic acids is 3. The Morgan fingerprint density at radius 3 is 1.15 bits per heavy atom. The van der Waals surface area contributed by atoms with E-state index in [-0.39, 0.29) is 36.5 Å². The molecule has 0 saturated heterocycles. The Kier molecular flexibility index (Phi) is 13.6. The highest BCUT2D eigenvalue weighted by molar-refractivity contribution is 5.88. The van der Waals surface area contributed by atoms with Crippen molar-refractivity contribution in [3.05, 3.63) is 85.0 Å². The summed E-state index contributed by atoms with van der Waals surface area (Å²) in [5, 5.41) is 0. The van der Waals surface area contributed by atoms with Gasteiger partial charge in [0.1, 0.15) is 19.8 Å². The first kappa shape index (κ1) is 30.3. The summed E-state index contributed by atoms with van der Waals surface area (Å²) in [6.07, 6.45) is 4.10. The molecule has 1 aromatic carbocycles. The van der Waals surface area contributed by atoms with Gasteiger partial charge in [-0.1, -0.05) is 76.2 Å². The van der Waals surface area contributed by atoms with Crippen molar-refractivity contribution in [2.45, 2.75) is 34.1 Å². The molecule has 0 aliphatic carbocycles. The average molecular weight is 469 g/mol. The number of rotatable bonds is 12. The maximum Gasteiger partial charge on any atom is 0.333 e. The van der Waals surface area contributed by atoms with E-state index in [0.29, 0.717) is 6.42 Å². The van der Waals surface area contributed by atoms with Crippen LogP contribution in [0.1, 0.15) is 45.2 Å². The lowest BCUT2D eigenvalue weighted by Gasteiger charge is -2.31. The smallest absolute Gasteiger partial charge is 0.333 e. The zero-order chi connectivity index (χ0) is 26.3. The van der Waals surface area contributed by atoms with Gasteiger partial charge >= 0.3 is 17.9 Å². The molecule has 0 heterocycles. The summed E-state index contributed by atoms with van der Waals surface area (Å²) in [6.45, 7) is 24.0. The van der Waals surface area contributed by atoms with Crippen molar-refractivity contribution >= 4 is 30.1 Å². The minimum Gasteiger partial charge on any atom is -0.461 e. The van der Waals surface area contributed by atoms with E-state index >= 15 is 0 Å². The van der Waals surface area contributed by atoms with E-state index in [2.05, 4.69) is 32.9 Å². The van der Waals surface area contributed by atoms with Crippen LogP contribution in [0.15, 0.2) is 73.9 Å². The molecule has 0 bridgehead atoms. The summed E-state index contributed by atoms with van der Waals surface area (Å²) in [4.78, 5) is 34.9. The molecule has 0 saturated carbocycles. The number of benzene rings is 1. The fraction of sp³-hybridized carbons (Fsp3) is 0.321. The van der Waals surface area contributed by atoms with Gasteiger partial charge in [0.25, 0.3) is 0 Å². The first-order chi connectivity index (χ1) is 15.9. The van der Waals surface area contributed by atoms with Gasteiger partial charge in [0, 0.05) is 16.7 Å². The van der Waals surface area contributed by atoms with Crippen molar-refractivity contribution in [3.8, 4) is 0 Å². The van der Waals surface area contributed by atoms with Crippen LogP contribution in [0.5, 0.6) is 0 Å². The average Bonchev–Trinajstić information content (AvgIpc) is 2.83. The summed E-state index contributed by atoms with van der Waals surface area (Å²) in [5.74, 6) is -1.69. The van der Waals surface area contributed by atoms with E-state index in [0.717, 1.165) is 11.1 Å². The van der Waals surface area contributed by atoms with E-state index in [1.807, 2.05) is 43.3 Å². The van der Waals surface area contributed by atoms with Crippen LogP contribution < -0.4 is 0 Å². The van der Waals surface area contributed by atoms with Gasteiger partial charge in [0.2, 0.25) is 0 Å². The summed E-state index contributed by atoms with van der Waals surface area (Å²) in [6, 6.07) is 8.07. The second-order valence-electron chi connectivity index (χ2n) is 8.00. The lowest BCUT2D eigenvalue weighted by atomic mass is 9.88. The maximum atomic E-state index is 11.6. The predicted molar refractivity (Wildman–Crippen MR) is 137 cm³/mol. The minimum absolute atomic E-state index is 0.0812. The lowest BCUT2D eigenvalue weighted by Crippen LogP contribution is -2.39. The molecule has 1 rings (SSSR count). The molecule has 0 radical (unpaired) electrons. The zero-order valence-electron chi connectivity index (χ0n) is 20.8. The highest BCUT2D eigenvalue weighted by Gasteiger charge is 2.34. The highest BCUT2D eigenvalue weighted by atomic mass is 16.6. The van der Waals surface area contributed by atoms with E-state index in [9.17, 15) is 14.4 Å². The van der Waals surface area contributed by atoms with Crippen molar-refractivity contribution in [2.24, 2.45) is 5.41 Å². The van der Waals surface area contributed by atoms with Gasteiger partial charge in [-0.15, -0.1) is 0 Å². The van der Waals surface area contributed by atoms with Crippen LogP contribution in [0.25, 0.3) is 12.2 Å². The van der Waals surface area contributed by atoms with Gasteiger partial charge in [0.15, 0.2) is 0 Å². The molecule has 0 aliphatic rings. The Balaban J connectivity index is 0.000000896. The second-order valence-corrected chi connectivity index (χ2v) is 8.00. The largest absolute Gasteiger partial charge is 0.461 e. The van der Waals surface area contributed by atoms with Crippen molar-refractivity contribution in [2.75, 3.05) is 19.8 Å². The fourth-order valence-electron chi connectivity index (χ4n) is 2.22. The third-order valence-electron chi connectivity index (χ3n) is 4.73. The minimum atomic E-state index is -0.860. The standard InChI is InChI=1S/C18H26O6.C10H10/c1-8-18(9-22-15(19)12(2)3,10-23-16(20)13(4)5)11-24-17(21)14(6)7;1-3-9-5-7-10(4-2)8-6-9/h2,4,6,8-11H2,1,3,5,7H3;3-8H,1-2H2. The third-order valence-corrected chi connectivity index (χ3v) is 4.73. The second kappa shape index (κ2) is 15.2. The Morgan fingerprint density at radius 2 is 0.971 bits per heavy atom. The molecule has 6 heteroatoms. The first-order valence-corrected chi connectivity index (χ1v) is 10.7. The highest BCUT2D eigenvalue weighted by Crippen LogP contribution is 2.25. The molecular formula is C28H36O6. The molecule has 6 nitrogen and oxygen atoms in total. The van der Waals surface area contributed by atoms with Gasteiger partial charge in [0.05, 0.1) is 5.41 Å². The van der Waals surface area contributed by atoms with Crippen molar-refractivity contribution in [1.29, 1.82) is 0 Å². The molecule has 0 spiro atoms. The number of esters is 3. The molecule has 0 atom stereocenters. The van der Waals surface area contributed by atoms with E-state index in [1.54, 1.807) is 0 Å². The zero-order valence-corrected chi connectivity index (χ0v) is 20.8. The Labute approximate surface area is 203 Å². The summed E-state index contributed by atoms with van der Waals surface area (Å²) < 4.78 is 15.5. The SMILES string of the molecule is C=C(C)C(=O)OCC(CC)(COC(=O)C(=C)C)COC(=O)C(=C)C.C=Cc1ccc(C=C)cc1. The third kappa shape index (κ3) is 11.3. The molecular weight excluding hydrogens is 432 g/mol. The van der Waals surface area contributed by atoms with E-state index < -0.39 is 23.3 Å². The molecule has 0 aliphatic heterocycles. The van der Waals surface area contributed by atoms with Crippen LogP contribution in [-0.2, 0) is 28.6 Å². The van der Waals surface area contributed by atoms with E-state index in [1.165, 1.54) is 20.8 Å². The monoisotopic (exact) mass is 468 g/mol. The normalized spacial score (nSPS) is 10.0. The molecule has 0 amide bonds. The molecule has 0 N–H and O–H groups in total. The van der Waals surface area contributed by atoms with Gasteiger partial charge in [-0.05, 0) is 38.3 Å². The Morgan fingerprint density at radius 1 is 0.706 bits per heavy atom. The quantitative estimate of drug-likeness (QED) is 0.222. The molecule has 0 fully saturated rings. The van der Waals surface area contributed by atoms with Crippen molar-refractivity contribution in [1.82, 2.24) is 0 Å². The summed E-state index contributed by atoms with van der Waals surface area (Å²) >= 11 is 0. The maximum absolute atomic E-state index is 11.6. The molecule has 0 unspecified atom stereocenters. The summed E-state index contributed by atoms with van der Waals surface area (Å²) in [7, 11) is 0. The fourth-order valence-corrected chi connectivity index (χ4v) is 2.22. The van der Waals surface area contributed by atoms with Crippen LogP contribution in [-0.4, -0.2) is 37.7 Å². The lowest BCUT2D eigenvalue weighted by molar-refractivity contribution is -0.157. The predicted octanol–water partition coefficient (Wildman–Crippen LogP) is 5.71. The number of hydrogen-bond donors (Lipinski definition) is 0. The van der Waals surface area contributed by atoms with Crippen LogP contribution >= 0.6 is 0 Å². The molecule has 184 valence electrons. The van der Waals surface area contributed by atoms with Crippen LogP contribution in [0, 0.1) is 5.41 Å². The van der Waals surface area contributed by atoms with Crippen molar-refractivity contribution in [3.63, 3.8) is 0 Å². The van der Waals surface area contributed by atoms with Gasteiger partial charge in [-0.3, -0.25) is 0 Å². The molecule has 1 aromatic rings. The Hall–Kier alpha value is -3.67. The number of carbonyl (C=O) groups is 3.